The molecule has 0 radical (unpaired) electrons. The van der Waals surface area contributed by atoms with Gasteiger partial charge in [-0.1, -0.05) is 60.1 Å². The summed E-state index contributed by atoms with van der Waals surface area (Å²) in [6.45, 7) is 4.31. The predicted octanol–water partition coefficient (Wildman–Crippen LogP) is 4.96. The van der Waals surface area contributed by atoms with Gasteiger partial charge in [0.15, 0.2) is 5.75 Å². The zero-order chi connectivity index (χ0) is 15.0. The molecule has 0 atom stereocenters. The lowest BCUT2D eigenvalue weighted by molar-refractivity contribution is -0.386. The Bertz CT molecular complexity index is 558. The molecule has 0 bridgehead atoms. The molecule has 0 aliphatic carbocycles. The summed E-state index contributed by atoms with van der Waals surface area (Å²) in [6.07, 6.45) is 0. The van der Waals surface area contributed by atoms with E-state index in [0.717, 1.165) is 5.56 Å². The van der Waals surface area contributed by atoms with Crippen molar-refractivity contribution in [1.82, 2.24) is 0 Å². The third-order valence-corrected chi connectivity index (χ3v) is 2.85. The smallest absolute Gasteiger partial charge is 0.312 e. The lowest BCUT2D eigenvalue weighted by atomic mass is 10.2. The molecular formula is C15H16BrNO3. The predicted molar refractivity (Wildman–Crippen MR) is 82.9 cm³/mol. The summed E-state index contributed by atoms with van der Waals surface area (Å²) in [5.41, 5.74) is 0.926. The van der Waals surface area contributed by atoms with Crippen molar-refractivity contribution in [2.75, 3.05) is 0 Å². The Labute approximate surface area is 126 Å². The van der Waals surface area contributed by atoms with Gasteiger partial charge in [0, 0.05) is 10.5 Å². The highest BCUT2D eigenvalue weighted by Gasteiger charge is 2.15. The van der Waals surface area contributed by atoms with Crippen molar-refractivity contribution < 1.29 is 9.66 Å². The molecule has 0 amide bonds. The van der Waals surface area contributed by atoms with Gasteiger partial charge in [0.2, 0.25) is 0 Å². The van der Waals surface area contributed by atoms with Crippen LogP contribution < -0.4 is 4.74 Å². The first kappa shape index (κ1) is 16.2. The molecule has 2 aromatic carbocycles. The van der Waals surface area contributed by atoms with E-state index < -0.39 is 4.92 Å². The van der Waals surface area contributed by atoms with E-state index in [1.54, 1.807) is 12.1 Å². The zero-order valence-corrected chi connectivity index (χ0v) is 13.0. The average molecular weight is 338 g/mol. The van der Waals surface area contributed by atoms with E-state index in [2.05, 4.69) is 15.9 Å². The minimum Gasteiger partial charge on any atom is -0.482 e. The molecule has 2 rings (SSSR count). The molecule has 2 aromatic rings. The van der Waals surface area contributed by atoms with Crippen molar-refractivity contribution in [2.45, 2.75) is 20.5 Å². The van der Waals surface area contributed by atoms with Crippen LogP contribution in [0.25, 0.3) is 0 Å². The van der Waals surface area contributed by atoms with Crippen molar-refractivity contribution in [2.24, 2.45) is 0 Å². The van der Waals surface area contributed by atoms with Crippen molar-refractivity contribution in [3.8, 4) is 5.75 Å². The summed E-state index contributed by atoms with van der Waals surface area (Å²) < 4.78 is 6.13. The minimum atomic E-state index is -0.453. The van der Waals surface area contributed by atoms with E-state index in [4.69, 9.17) is 4.74 Å². The van der Waals surface area contributed by atoms with Gasteiger partial charge < -0.3 is 4.74 Å². The highest BCUT2D eigenvalue weighted by molar-refractivity contribution is 9.10. The van der Waals surface area contributed by atoms with Crippen molar-refractivity contribution >= 4 is 21.6 Å². The zero-order valence-electron chi connectivity index (χ0n) is 11.4. The molecule has 0 aliphatic heterocycles. The molecule has 0 aromatic heterocycles. The van der Waals surface area contributed by atoms with Gasteiger partial charge in [-0.15, -0.1) is 0 Å². The average Bonchev–Trinajstić information content (AvgIpc) is 2.49. The maximum atomic E-state index is 10.9. The molecule has 0 aliphatic rings. The molecule has 20 heavy (non-hydrogen) atoms. The fourth-order valence-corrected chi connectivity index (χ4v) is 1.84. The van der Waals surface area contributed by atoms with Crippen LogP contribution in [-0.4, -0.2) is 4.92 Å². The van der Waals surface area contributed by atoms with Gasteiger partial charge >= 0.3 is 5.69 Å². The Morgan fingerprint density at radius 1 is 1.15 bits per heavy atom. The normalized spacial score (nSPS) is 9.35. The number of rotatable bonds is 4. The van der Waals surface area contributed by atoms with E-state index in [9.17, 15) is 10.1 Å². The molecule has 0 saturated heterocycles. The van der Waals surface area contributed by atoms with Crippen LogP contribution in [0, 0.1) is 10.1 Å². The van der Waals surface area contributed by atoms with Crippen molar-refractivity contribution in [3.05, 3.63) is 68.7 Å². The minimum absolute atomic E-state index is 0.0414. The van der Waals surface area contributed by atoms with Crippen molar-refractivity contribution in [3.63, 3.8) is 0 Å². The van der Waals surface area contributed by atoms with E-state index in [-0.39, 0.29) is 11.4 Å². The topological polar surface area (TPSA) is 52.4 Å². The quantitative estimate of drug-likeness (QED) is 0.585. The molecule has 0 spiro atoms. The Balaban J connectivity index is 0.000000956. The first-order chi connectivity index (χ1) is 9.66. The van der Waals surface area contributed by atoms with Gasteiger partial charge in [0.05, 0.1) is 4.92 Å². The Morgan fingerprint density at radius 3 is 2.40 bits per heavy atom. The molecule has 0 N–H and O–H groups in total. The summed E-state index contributed by atoms with van der Waals surface area (Å²) in [7, 11) is 0. The Morgan fingerprint density at radius 2 is 1.80 bits per heavy atom. The van der Waals surface area contributed by atoms with Gasteiger partial charge in [-0.3, -0.25) is 10.1 Å². The van der Waals surface area contributed by atoms with Gasteiger partial charge in [-0.05, 0) is 17.7 Å². The second-order valence-electron chi connectivity index (χ2n) is 3.64. The van der Waals surface area contributed by atoms with Gasteiger partial charge in [0.25, 0.3) is 0 Å². The van der Waals surface area contributed by atoms with Crippen molar-refractivity contribution in [1.29, 1.82) is 0 Å². The van der Waals surface area contributed by atoms with E-state index in [0.29, 0.717) is 11.1 Å². The molecule has 5 heteroatoms. The first-order valence-electron chi connectivity index (χ1n) is 6.27. The molecule has 0 heterocycles. The van der Waals surface area contributed by atoms with Crippen LogP contribution in [0.1, 0.15) is 19.4 Å². The molecule has 0 fully saturated rings. The third kappa shape index (κ3) is 4.66. The lowest BCUT2D eigenvalue weighted by Crippen LogP contribution is -1.98. The maximum Gasteiger partial charge on any atom is 0.312 e. The van der Waals surface area contributed by atoms with Gasteiger partial charge in [-0.2, -0.15) is 0 Å². The molecular weight excluding hydrogens is 322 g/mol. The van der Waals surface area contributed by atoms with E-state index >= 15 is 0 Å². The third-order valence-electron chi connectivity index (χ3n) is 2.35. The molecule has 0 saturated carbocycles. The van der Waals surface area contributed by atoms with Crippen LogP contribution in [0.3, 0.4) is 0 Å². The number of nitro benzene ring substituents is 1. The number of hydrogen-bond acceptors (Lipinski definition) is 3. The van der Waals surface area contributed by atoms with Gasteiger partial charge in [0.1, 0.15) is 6.61 Å². The second kappa shape index (κ2) is 8.32. The van der Waals surface area contributed by atoms with Crippen LogP contribution in [0.2, 0.25) is 0 Å². The van der Waals surface area contributed by atoms with Crippen LogP contribution in [-0.2, 0) is 6.61 Å². The highest BCUT2D eigenvalue weighted by atomic mass is 79.9. The summed E-state index contributed by atoms with van der Waals surface area (Å²) in [5, 5.41) is 10.9. The standard InChI is InChI=1S/C13H10BrNO3.C2H6/c14-11-6-7-13(12(8-11)15(16)17)18-9-10-4-2-1-3-5-10;1-2/h1-8H,9H2;1-2H3. The monoisotopic (exact) mass is 337 g/mol. The molecule has 4 nitrogen and oxygen atoms in total. The molecule has 106 valence electrons. The number of ether oxygens (including phenoxy) is 1. The number of halogens is 1. The highest BCUT2D eigenvalue weighted by Crippen LogP contribution is 2.30. The van der Waals surface area contributed by atoms with Crippen LogP contribution >= 0.6 is 15.9 Å². The number of benzene rings is 2. The lowest BCUT2D eigenvalue weighted by Gasteiger charge is -2.06. The number of hydrogen-bond donors (Lipinski definition) is 0. The summed E-state index contributed by atoms with van der Waals surface area (Å²) in [5.74, 6) is 0.270. The maximum absolute atomic E-state index is 10.9. The van der Waals surface area contributed by atoms with E-state index in [1.165, 1.54) is 6.07 Å². The molecule has 0 unspecified atom stereocenters. The largest absolute Gasteiger partial charge is 0.482 e. The Kier molecular flexibility index (Phi) is 6.73. The summed E-state index contributed by atoms with van der Waals surface area (Å²) >= 11 is 3.20. The first-order valence-corrected chi connectivity index (χ1v) is 7.07. The SMILES string of the molecule is CC.O=[N+]([O-])c1cc(Br)ccc1OCc1ccccc1. The van der Waals surface area contributed by atoms with Crippen LogP contribution in [0.15, 0.2) is 53.0 Å². The summed E-state index contributed by atoms with van der Waals surface area (Å²) in [6, 6.07) is 14.3. The van der Waals surface area contributed by atoms with Crippen LogP contribution in [0.5, 0.6) is 5.75 Å². The summed E-state index contributed by atoms with van der Waals surface area (Å²) in [4.78, 5) is 10.4. The second-order valence-corrected chi connectivity index (χ2v) is 4.56. The van der Waals surface area contributed by atoms with Crippen LogP contribution in [0.4, 0.5) is 5.69 Å². The van der Waals surface area contributed by atoms with E-state index in [1.807, 2.05) is 44.2 Å². The Hall–Kier alpha value is -1.88. The fourth-order valence-electron chi connectivity index (χ4n) is 1.49. The number of nitrogens with zero attached hydrogens (tertiary/aromatic N) is 1. The number of nitro groups is 1. The van der Waals surface area contributed by atoms with Gasteiger partial charge in [-0.25, -0.2) is 0 Å². The fraction of sp³-hybridized carbons (Fsp3) is 0.200.